The first-order chi connectivity index (χ1) is 24.5. The van der Waals surface area contributed by atoms with Crippen molar-refractivity contribution in [3.63, 3.8) is 0 Å². The summed E-state index contributed by atoms with van der Waals surface area (Å²) in [6.07, 6.45) is 0.395. The van der Waals surface area contributed by atoms with Crippen molar-refractivity contribution in [1.82, 2.24) is 29.4 Å². The van der Waals surface area contributed by atoms with Crippen molar-refractivity contribution in [2.45, 2.75) is 122 Å². The minimum Gasteiger partial charge on any atom is -0.478 e. The van der Waals surface area contributed by atoms with Crippen LogP contribution in [0.4, 0.5) is 18.0 Å². The van der Waals surface area contributed by atoms with Gasteiger partial charge in [-0.15, -0.1) is 5.10 Å². The molecule has 52 heavy (non-hydrogen) atoms. The van der Waals surface area contributed by atoms with Gasteiger partial charge in [-0.2, -0.15) is 13.2 Å². The Kier molecular flexibility index (Phi) is 13.4. The zero-order valence-corrected chi connectivity index (χ0v) is 32.3. The van der Waals surface area contributed by atoms with Gasteiger partial charge in [0.05, 0.1) is 24.2 Å². The van der Waals surface area contributed by atoms with E-state index in [-0.39, 0.29) is 60.1 Å². The number of alkyl halides is 3. The van der Waals surface area contributed by atoms with Crippen LogP contribution in [0.15, 0.2) is 47.6 Å². The third-order valence-electron chi connectivity index (χ3n) is 8.74. The summed E-state index contributed by atoms with van der Waals surface area (Å²) in [5.74, 6) is 0.354. The summed E-state index contributed by atoms with van der Waals surface area (Å²) >= 11 is 7.33. The Morgan fingerprint density at radius 3 is 2.37 bits per heavy atom. The van der Waals surface area contributed by atoms with E-state index in [0.717, 1.165) is 31.2 Å². The zero-order valence-electron chi connectivity index (χ0n) is 30.7. The minimum absolute atomic E-state index is 0.0642. The van der Waals surface area contributed by atoms with Crippen molar-refractivity contribution in [2.75, 3.05) is 13.2 Å². The predicted molar refractivity (Wildman–Crippen MR) is 193 cm³/mol. The molecule has 16 heteroatoms. The number of nitrogens with one attached hydrogen (secondary N) is 1. The number of carbonyl (C=O) groups excluding carboxylic acids is 2. The fourth-order valence-electron chi connectivity index (χ4n) is 5.84. The van der Waals surface area contributed by atoms with Crippen molar-refractivity contribution in [3.05, 3.63) is 53.3 Å². The summed E-state index contributed by atoms with van der Waals surface area (Å²) in [6.45, 7) is 14.0. The third-order valence-corrected chi connectivity index (χ3v) is 9.75. The Labute approximate surface area is 312 Å². The van der Waals surface area contributed by atoms with Crippen LogP contribution in [-0.4, -0.2) is 73.2 Å². The van der Waals surface area contributed by atoms with Crippen molar-refractivity contribution >= 4 is 35.5 Å². The normalized spacial score (nSPS) is 17.5. The fraction of sp³-hybridized carbons (Fsp3) is 0.583. The van der Waals surface area contributed by atoms with Crippen LogP contribution in [0.3, 0.4) is 0 Å². The van der Waals surface area contributed by atoms with Gasteiger partial charge in [-0.25, -0.2) is 19.4 Å². The van der Waals surface area contributed by atoms with Crippen LogP contribution < -0.4 is 14.2 Å². The number of carbonyl (C=O) groups is 2. The highest BCUT2D eigenvalue weighted by Crippen LogP contribution is 2.59. The first-order valence-corrected chi connectivity index (χ1v) is 18.7. The Morgan fingerprint density at radius 1 is 1.00 bits per heavy atom. The molecular formula is C36H48ClF3N6O5S. The molecule has 4 heterocycles. The summed E-state index contributed by atoms with van der Waals surface area (Å²) in [5.41, 5.74) is -2.37. The topological polar surface area (TPSA) is 121 Å². The van der Waals surface area contributed by atoms with Gasteiger partial charge < -0.3 is 19.1 Å². The monoisotopic (exact) mass is 768 g/mol. The first-order valence-electron chi connectivity index (χ1n) is 17.5. The molecule has 1 aliphatic heterocycles. The number of rotatable bonds is 13. The van der Waals surface area contributed by atoms with E-state index in [1.165, 1.54) is 29.1 Å². The van der Waals surface area contributed by atoms with Gasteiger partial charge in [-0.05, 0) is 97.8 Å². The van der Waals surface area contributed by atoms with Gasteiger partial charge in [0.1, 0.15) is 15.8 Å². The van der Waals surface area contributed by atoms with Crippen LogP contribution in [0, 0.1) is 5.41 Å². The molecule has 2 aliphatic rings. The number of ether oxygens (including phenoxy) is 3. The number of hydrogen-bond donors (Lipinski definition) is 1. The molecule has 1 saturated heterocycles. The second-order valence-corrected chi connectivity index (χ2v) is 15.4. The molecule has 1 N–H and O–H groups in total. The number of nitrogens with zero attached hydrogens (tertiary/aromatic N) is 5. The van der Waals surface area contributed by atoms with Crippen LogP contribution in [0.2, 0.25) is 5.15 Å². The average molecular weight is 769 g/mol. The van der Waals surface area contributed by atoms with Gasteiger partial charge in [-0.3, -0.25) is 9.52 Å². The van der Waals surface area contributed by atoms with Crippen LogP contribution >= 0.6 is 23.5 Å². The Morgan fingerprint density at radius 2 is 1.71 bits per heavy atom. The number of halogens is 4. The van der Waals surface area contributed by atoms with E-state index in [1.54, 1.807) is 18.2 Å². The maximum absolute atomic E-state index is 13.1. The molecule has 1 unspecified atom stereocenters. The lowest BCUT2D eigenvalue weighted by Gasteiger charge is -2.37. The SMILES string of the molecule is CC.CC(C)(C)OC(=O)N1C(CCCOc2cccc(SNC(=O)c3ccc(-n4ccc(OCCC5(C(F)(F)F)CC5)n4)nc3Cl)n2)CCC1(C)C. The predicted octanol–water partition coefficient (Wildman–Crippen LogP) is 9.23. The molecule has 1 aliphatic carbocycles. The van der Waals surface area contributed by atoms with Crippen LogP contribution in [0.1, 0.15) is 104 Å². The van der Waals surface area contributed by atoms with Crippen molar-refractivity contribution in [1.29, 1.82) is 0 Å². The molecular weight excluding hydrogens is 721 g/mol. The summed E-state index contributed by atoms with van der Waals surface area (Å²) in [6, 6.07) is 9.84. The van der Waals surface area contributed by atoms with E-state index < -0.39 is 23.1 Å². The van der Waals surface area contributed by atoms with Gasteiger partial charge in [0, 0.05) is 41.9 Å². The number of aromatic nitrogens is 4. The summed E-state index contributed by atoms with van der Waals surface area (Å²) in [7, 11) is 0. The molecule has 0 radical (unpaired) electrons. The van der Waals surface area contributed by atoms with E-state index in [9.17, 15) is 22.8 Å². The number of pyridine rings is 2. The molecule has 2 fully saturated rings. The lowest BCUT2D eigenvalue weighted by Crippen LogP contribution is -2.49. The molecule has 0 bridgehead atoms. The molecule has 1 atom stereocenters. The summed E-state index contributed by atoms with van der Waals surface area (Å²) in [4.78, 5) is 36.4. The Balaban J connectivity index is 0.00000297. The second-order valence-electron chi connectivity index (χ2n) is 14.2. The molecule has 11 nitrogen and oxygen atoms in total. The number of amides is 2. The fourth-order valence-corrected chi connectivity index (χ4v) is 6.66. The van der Waals surface area contributed by atoms with Gasteiger partial charge in [-0.1, -0.05) is 31.5 Å². The van der Waals surface area contributed by atoms with Crippen molar-refractivity contribution in [3.8, 4) is 17.6 Å². The number of likely N-dealkylation sites (tertiary alicyclic amines) is 1. The van der Waals surface area contributed by atoms with E-state index >= 15 is 0 Å². The summed E-state index contributed by atoms with van der Waals surface area (Å²) in [5, 5.41) is 4.63. The molecule has 5 rings (SSSR count). The lowest BCUT2D eigenvalue weighted by atomic mass is 10.0. The summed E-state index contributed by atoms with van der Waals surface area (Å²) < 4.78 is 60.5. The van der Waals surface area contributed by atoms with E-state index in [2.05, 4.69) is 33.6 Å². The zero-order chi connectivity index (χ0) is 38.3. The second kappa shape index (κ2) is 17.0. The molecule has 286 valence electrons. The first kappa shape index (κ1) is 41.0. The van der Waals surface area contributed by atoms with E-state index in [4.69, 9.17) is 25.8 Å². The van der Waals surface area contributed by atoms with Gasteiger partial charge >= 0.3 is 12.3 Å². The molecule has 2 amide bonds. The van der Waals surface area contributed by atoms with Gasteiger partial charge in [0.15, 0.2) is 5.82 Å². The van der Waals surface area contributed by atoms with Gasteiger partial charge in [0.2, 0.25) is 11.8 Å². The highest BCUT2D eigenvalue weighted by molar-refractivity contribution is 7.97. The quantitative estimate of drug-likeness (QED) is 0.103. The van der Waals surface area contributed by atoms with Crippen LogP contribution in [-0.2, 0) is 4.74 Å². The molecule has 0 spiro atoms. The van der Waals surface area contributed by atoms with E-state index in [0.29, 0.717) is 29.8 Å². The molecule has 3 aromatic rings. The maximum Gasteiger partial charge on any atom is 0.410 e. The largest absolute Gasteiger partial charge is 0.478 e. The maximum atomic E-state index is 13.1. The highest BCUT2D eigenvalue weighted by Gasteiger charge is 2.62. The third kappa shape index (κ3) is 10.7. The molecule has 1 saturated carbocycles. The number of hydrogen-bond acceptors (Lipinski definition) is 9. The van der Waals surface area contributed by atoms with Crippen molar-refractivity contribution in [2.24, 2.45) is 5.41 Å². The molecule has 3 aromatic heterocycles. The van der Waals surface area contributed by atoms with Crippen LogP contribution in [0.5, 0.6) is 11.8 Å². The average Bonchev–Trinajstić information content (AvgIpc) is 3.62. The molecule has 0 aromatic carbocycles. The lowest BCUT2D eigenvalue weighted by molar-refractivity contribution is -0.190. The van der Waals surface area contributed by atoms with Gasteiger partial charge in [0.25, 0.3) is 5.91 Å². The van der Waals surface area contributed by atoms with E-state index in [1.807, 2.05) is 39.5 Å². The Hall–Kier alpha value is -3.72. The Bertz CT molecular complexity index is 1680. The highest BCUT2D eigenvalue weighted by atomic mass is 35.5. The smallest absolute Gasteiger partial charge is 0.410 e. The standard InChI is InChI=1S/C34H42ClF3N6O5S.C2H6/c1-31(2,3)49-30(46)44-22(13-15-32(44,4)5)8-7-20-47-25-9-6-10-27(40-25)50-42-29(45)23-11-12-24(39-28(23)35)43-19-14-26(41-43)48-21-18-33(16-17-33)34(36,37)38;1-2/h6,9-12,14,19,22H,7-8,13,15-18,20-21H2,1-5H3,(H,42,45);1-2H3. The minimum atomic E-state index is -4.23. The van der Waals surface area contributed by atoms with Crippen molar-refractivity contribution < 1.29 is 37.0 Å². The van der Waals surface area contributed by atoms with Crippen LogP contribution in [0.25, 0.3) is 5.82 Å².